The van der Waals surface area contributed by atoms with Gasteiger partial charge in [0.1, 0.15) is 0 Å². The molecule has 6 heteroatoms. The zero-order valence-electron chi connectivity index (χ0n) is 18.0. The summed E-state index contributed by atoms with van der Waals surface area (Å²) in [6.45, 7) is 3.80. The van der Waals surface area contributed by atoms with E-state index in [4.69, 9.17) is 4.74 Å². The lowest BCUT2D eigenvalue weighted by atomic mass is 9.81. The first-order valence-corrected chi connectivity index (χ1v) is 12.0. The van der Waals surface area contributed by atoms with Gasteiger partial charge in [0.05, 0.1) is 11.5 Å². The molecule has 3 aromatic carbocycles. The van der Waals surface area contributed by atoms with Crippen LogP contribution in [0, 0.1) is 0 Å². The van der Waals surface area contributed by atoms with Crippen molar-refractivity contribution in [2.24, 2.45) is 0 Å². The Morgan fingerprint density at radius 2 is 1.41 bits per heavy atom. The summed E-state index contributed by atoms with van der Waals surface area (Å²) in [5.41, 5.74) is 2.70. The summed E-state index contributed by atoms with van der Waals surface area (Å²) >= 11 is 0. The van der Waals surface area contributed by atoms with E-state index >= 15 is 0 Å². The summed E-state index contributed by atoms with van der Waals surface area (Å²) in [6.07, 6.45) is 0.140. The fraction of sp³-hybridized carbons (Fsp3) is 0.192. The molecule has 0 aliphatic carbocycles. The highest BCUT2D eigenvalue weighted by molar-refractivity contribution is 7.90. The van der Waals surface area contributed by atoms with Gasteiger partial charge in [-0.1, -0.05) is 84.4 Å². The third kappa shape index (κ3) is 3.87. The highest BCUT2D eigenvalue weighted by Gasteiger charge is 2.53. The molecule has 1 N–H and O–H groups in total. The Morgan fingerprint density at radius 3 is 1.97 bits per heavy atom. The molecule has 1 atom stereocenters. The number of hydrogen-bond donors (Lipinski definition) is 1. The Bertz CT molecular complexity index is 1230. The topological polar surface area (TPSA) is 72.5 Å². The lowest BCUT2D eigenvalue weighted by Gasteiger charge is -2.28. The largest absolute Gasteiger partial charge is 0.464 e. The number of benzene rings is 3. The first kappa shape index (κ1) is 22.0. The average molecular weight is 448 g/mol. The van der Waals surface area contributed by atoms with Crippen LogP contribution in [0.15, 0.2) is 95.4 Å². The number of nitrogens with one attached hydrogen (secondary N) is 1. The van der Waals surface area contributed by atoms with Gasteiger partial charge in [0.2, 0.25) is 10.0 Å². The molecule has 0 amide bonds. The van der Waals surface area contributed by atoms with E-state index in [-0.39, 0.29) is 17.9 Å². The maximum Gasteiger partial charge on any atom is 0.332 e. The van der Waals surface area contributed by atoms with Gasteiger partial charge in [-0.2, -0.15) is 4.72 Å². The van der Waals surface area contributed by atoms with Gasteiger partial charge in [-0.3, -0.25) is 0 Å². The molecule has 0 bridgehead atoms. The monoisotopic (exact) mass is 447 g/mol. The standard InChI is InChI=1S/C26H25NO4S/c1-3-31-25(28)26(22-16-10-11-17-23(22)32(29,30)27-26)18-19(2)24(20-12-6-4-7-13-20)21-14-8-5-9-15-21/h4-17,27H,3,18H2,1-2H3/t26-/m1/s1. The summed E-state index contributed by atoms with van der Waals surface area (Å²) in [5, 5.41) is 0. The van der Waals surface area contributed by atoms with Crippen molar-refractivity contribution in [2.45, 2.75) is 30.7 Å². The maximum atomic E-state index is 13.3. The molecule has 1 aliphatic heterocycles. The quantitative estimate of drug-likeness (QED) is 0.559. The van der Waals surface area contributed by atoms with E-state index < -0.39 is 21.5 Å². The number of hydrogen-bond acceptors (Lipinski definition) is 4. The molecule has 1 heterocycles. The normalized spacial score (nSPS) is 18.6. The van der Waals surface area contributed by atoms with E-state index in [0.29, 0.717) is 5.56 Å². The van der Waals surface area contributed by atoms with E-state index in [1.54, 1.807) is 25.1 Å². The molecule has 1 aliphatic rings. The lowest BCUT2D eigenvalue weighted by Crippen LogP contribution is -2.48. The van der Waals surface area contributed by atoms with Crippen LogP contribution in [0.1, 0.15) is 37.0 Å². The number of esters is 1. The highest BCUT2D eigenvalue weighted by Crippen LogP contribution is 2.43. The molecule has 3 aromatic rings. The van der Waals surface area contributed by atoms with E-state index in [0.717, 1.165) is 22.3 Å². The van der Waals surface area contributed by atoms with Gasteiger partial charge in [-0.05, 0) is 36.6 Å². The second-order valence-electron chi connectivity index (χ2n) is 7.79. The smallest absolute Gasteiger partial charge is 0.332 e. The van der Waals surface area contributed by atoms with Crippen LogP contribution in [-0.4, -0.2) is 21.0 Å². The molecule has 164 valence electrons. The van der Waals surface area contributed by atoms with Crippen LogP contribution in [0.5, 0.6) is 0 Å². The van der Waals surface area contributed by atoms with Crippen molar-refractivity contribution in [1.82, 2.24) is 4.72 Å². The van der Waals surface area contributed by atoms with Crippen molar-refractivity contribution < 1.29 is 17.9 Å². The Hall–Kier alpha value is -3.22. The van der Waals surface area contributed by atoms with E-state index in [2.05, 4.69) is 4.72 Å². The maximum absolute atomic E-state index is 13.3. The molecule has 0 unspecified atom stereocenters. The number of carbonyl (C=O) groups is 1. The van der Waals surface area contributed by atoms with Crippen LogP contribution >= 0.6 is 0 Å². The molecular formula is C26H25NO4S. The van der Waals surface area contributed by atoms with Gasteiger partial charge in [-0.15, -0.1) is 0 Å². The highest BCUT2D eigenvalue weighted by atomic mass is 32.2. The Balaban J connectivity index is 1.93. The second-order valence-corrected chi connectivity index (χ2v) is 9.44. The van der Waals surface area contributed by atoms with Crippen molar-refractivity contribution in [3.8, 4) is 0 Å². The minimum atomic E-state index is -3.85. The van der Waals surface area contributed by atoms with E-state index in [9.17, 15) is 13.2 Å². The van der Waals surface area contributed by atoms with Gasteiger partial charge in [-0.25, -0.2) is 13.2 Å². The summed E-state index contributed by atoms with van der Waals surface area (Å²) < 4.78 is 33.9. The summed E-state index contributed by atoms with van der Waals surface area (Å²) in [4.78, 5) is 13.4. The molecule has 0 radical (unpaired) electrons. The fourth-order valence-corrected chi connectivity index (χ4v) is 5.98. The zero-order chi connectivity index (χ0) is 22.8. The number of fused-ring (bicyclic) bond motifs is 1. The molecule has 0 spiro atoms. The SMILES string of the molecule is CCOC(=O)[C@]1(CC(C)=C(c2ccccc2)c2ccccc2)NS(=O)(=O)c2ccccc21. The third-order valence-electron chi connectivity index (χ3n) is 5.65. The number of ether oxygens (including phenoxy) is 1. The van der Waals surface area contributed by atoms with Crippen molar-refractivity contribution in [1.29, 1.82) is 0 Å². The van der Waals surface area contributed by atoms with E-state index in [1.807, 2.05) is 67.6 Å². The van der Waals surface area contributed by atoms with Crippen LogP contribution in [0.3, 0.4) is 0 Å². The first-order valence-electron chi connectivity index (χ1n) is 10.5. The third-order valence-corrected chi connectivity index (χ3v) is 7.20. The van der Waals surface area contributed by atoms with Crippen molar-refractivity contribution in [3.05, 3.63) is 107 Å². The zero-order valence-corrected chi connectivity index (χ0v) is 18.9. The van der Waals surface area contributed by atoms with E-state index in [1.165, 1.54) is 6.07 Å². The average Bonchev–Trinajstić information content (AvgIpc) is 3.03. The van der Waals surface area contributed by atoms with Gasteiger partial charge >= 0.3 is 5.97 Å². The predicted octanol–water partition coefficient (Wildman–Crippen LogP) is 4.65. The van der Waals surface area contributed by atoms with Crippen LogP contribution < -0.4 is 4.72 Å². The second kappa shape index (κ2) is 8.73. The molecule has 4 rings (SSSR count). The molecule has 0 saturated carbocycles. The Kier molecular flexibility index (Phi) is 6.00. The molecule has 5 nitrogen and oxygen atoms in total. The Morgan fingerprint density at radius 1 is 0.875 bits per heavy atom. The number of carbonyl (C=O) groups excluding carboxylic acids is 1. The van der Waals surface area contributed by atoms with Crippen molar-refractivity contribution >= 4 is 21.6 Å². The van der Waals surface area contributed by atoms with Crippen LogP contribution in [0.2, 0.25) is 0 Å². The molecular weight excluding hydrogens is 422 g/mol. The summed E-state index contributed by atoms with van der Waals surface area (Å²) in [5.74, 6) is -0.603. The van der Waals surface area contributed by atoms with Gasteiger partial charge in [0.15, 0.2) is 5.54 Å². The molecule has 0 saturated heterocycles. The van der Waals surface area contributed by atoms with Gasteiger partial charge < -0.3 is 4.74 Å². The Labute approximate surface area is 188 Å². The van der Waals surface area contributed by atoms with Crippen LogP contribution in [-0.2, 0) is 25.1 Å². The molecule has 32 heavy (non-hydrogen) atoms. The molecule has 0 aromatic heterocycles. The van der Waals surface area contributed by atoms with Gasteiger partial charge in [0, 0.05) is 12.0 Å². The minimum Gasteiger partial charge on any atom is -0.464 e. The van der Waals surface area contributed by atoms with Crippen LogP contribution in [0.25, 0.3) is 5.57 Å². The molecule has 0 fully saturated rings. The number of rotatable bonds is 6. The summed E-state index contributed by atoms with van der Waals surface area (Å²) in [7, 11) is -3.85. The minimum absolute atomic E-state index is 0.113. The first-order chi connectivity index (χ1) is 15.4. The summed E-state index contributed by atoms with van der Waals surface area (Å²) in [6, 6.07) is 26.4. The van der Waals surface area contributed by atoms with Crippen LogP contribution in [0.4, 0.5) is 0 Å². The van der Waals surface area contributed by atoms with Crippen molar-refractivity contribution in [2.75, 3.05) is 6.61 Å². The fourth-order valence-electron chi connectivity index (χ4n) is 4.36. The van der Waals surface area contributed by atoms with Gasteiger partial charge in [0.25, 0.3) is 0 Å². The predicted molar refractivity (Wildman–Crippen MR) is 124 cm³/mol. The number of sulfonamides is 1. The van der Waals surface area contributed by atoms with Crippen molar-refractivity contribution in [3.63, 3.8) is 0 Å². The lowest BCUT2D eigenvalue weighted by molar-refractivity contribution is -0.150.